The Morgan fingerprint density at radius 1 is 1.22 bits per heavy atom. The van der Waals surface area contributed by atoms with Gasteiger partial charge in [-0.05, 0) is 35.9 Å². The molecule has 166 valence electrons. The third-order valence-corrected chi connectivity index (χ3v) is 5.26. The number of rotatable bonds is 8. The number of carbonyl (C=O) groups is 2. The summed E-state index contributed by atoms with van der Waals surface area (Å²) in [5, 5.41) is 11.1. The van der Waals surface area contributed by atoms with E-state index in [2.05, 4.69) is 6.58 Å². The molecule has 0 aromatic heterocycles. The summed E-state index contributed by atoms with van der Waals surface area (Å²) in [6.45, 7) is 4.45. The SMILES string of the molecule is C=CCOc1cccc(C2/C(=C(/O)c3ccc4c(c3)OCO4)C(=O)C(=O)N2CCOC)c1. The van der Waals surface area contributed by atoms with Crippen LogP contribution in [0.5, 0.6) is 17.2 Å². The monoisotopic (exact) mass is 437 g/mol. The average molecular weight is 437 g/mol. The Kier molecular flexibility index (Phi) is 6.13. The molecule has 1 saturated heterocycles. The second-order valence-corrected chi connectivity index (χ2v) is 7.23. The van der Waals surface area contributed by atoms with Crippen molar-refractivity contribution in [2.45, 2.75) is 6.04 Å². The number of benzene rings is 2. The van der Waals surface area contributed by atoms with Gasteiger partial charge in [0.05, 0.1) is 18.2 Å². The lowest BCUT2D eigenvalue weighted by atomic mass is 9.95. The zero-order chi connectivity index (χ0) is 22.7. The predicted molar refractivity (Wildman–Crippen MR) is 116 cm³/mol. The van der Waals surface area contributed by atoms with E-state index in [1.54, 1.807) is 48.5 Å². The number of hydrogen-bond acceptors (Lipinski definition) is 7. The number of hydrogen-bond donors (Lipinski definition) is 1. The molecule has 2 aliphatic rings. The zero-order valence-electron chi connectivity index (χ0n) is 17.6. The number of nitrogens with zero attached hydrogens (tertiary/aromatic N) is 1. The van der Waals surface area contributed by atoms with E-state index in [1.807, 2.05) is 0 Å². The molecule has 1 N–H and O–H groups in total. The first-order chi connectivity index (χ1) is 15.5. The molecule has 1 atom stereocenters. The van der Waals surface area contributed by atoms with Crippen molar-refractivity contribution in [3.05, 3.63) is 71.8 Å². The van der Waals surface area contributed by atoms with Gasteiger partial charge in [-0.2, -0.15) is 0 Å². The van der Waals surface area contributed by atoms with Crippen LogP contribution in [0.25, 0.3) is 5.76 Å². The zero-order valence-corrected chi connectivity index (χ0v) is 17.6. The van der Waals surface area contributed by atoms with Gasteiger partial charge in [0.1, 0.15) is 18.1 Å². The van der Waals surface area contributed by atoms with E-state index in [0.717, 1.165) is 0 Å². The molecule has 1 fully saturated rings. The van der Waals surface area contributed by atoms with Crippen LogP contribution in [0, 0.1) is 0 Å². The van der Waals surface area contributed by atoms with Gasteiger partial charge >= 0.3 is 0 Å². The Hall–Kier alpha value is -3.78. The van der Waals surface area contributed by atoms with Crippen LogP contribution in [0.2, 0.25) is 0 Å². The Morgan fingerprint density at radius 2 is 2.03 bits per heavy atom. The van der Waals surface area contributed by atoms with Crippen molar-refractivity contribution in [2.24, 2.45) is 0 Å². The quantitative estimate of drug-likeness (QED) is 0.294. The average Bonchev–Trinajstić information content (AvgIpc) is 3.38. The van der Waals surface area contributed by atoms with Gasteiger partial charge in [0.15, 0.2) is 11.5 Å². The molecular formula is C24H23NO7. The number of likely N-dealkylation sites (tertiary alicyclic amines) is 1. The lowest BCUT2D eigenvalue weighted by Crippen LogP contribution is -2.32. The number of carbonyl (C=O) groups excluding carboxylic acids is 2. The van der Waals surface area contributed by atoms with Crippen LogP contribution in [0.3, 0.4) is 0 Å². The Bertz CT molecular complexity index is 1090. The second kappa shape index (κ2) is 9.15. The molecule has 2 heterocycles. The molecule has 1 amide bonds. The molecule has 4 rings (SSSR count). The number of amides is 1. The van der Waals surface area contributed by atoms with Crippen molar-refractivity contribution < 1.29 is 33.6 Å². The minimum Gasteiger partial charge on any atom is -0.507 e. The molecule has 2 aromatic carbocycles. The fraction of sp³-hybridized carbons (Fsp3) is 0.250. The summed E-state index contributed by atoms with van der Waals surface area (Å²) >= 11 is 0. The first-order valence-electron chi connectivity index (χ1n) is 10.1. The summed E-state index contributed by atoms with van der Waals surface area (Å²) in [5.74, 6) is -0.193. The highest BCUT2D eigenvalue weighted by molar-refractivity contribution is 6.46. The van der Waals surface area contributed by atoms with Gasteiger partial charge in [-0.25, -0.2) is 0 Å². The van der Waals surface area contributed by atoms with Crippen LogP contribution in [-0.4, -0.2) is 55.4 Å². The fourth-order valence-electron chi connectivity index (χ4n) is 3.78. The second-order valence-electron chi connectivity index (χ2n) is 7.23. The van der Waals surface area contributed by atoms with Gasteiger partial charge in [0, 0.05) is 19.2 Å². The maximum atomic E-state index is 13.0. The number of ether oxygens (including phenoxy) is 4. The van der Waals surface area contributed by atoms with E-state index in [-0.39, 0.29) is 31.3 Å². The van der Waals surface area contributed by atoms with Gasteiger partial charge in [-0.1, -0.05) is 24.8 Å². The largest absolute Gasteiger partial charge is 0.507 e. The van der Waals surface area contributed by atoms with Gasteiger partial charge in [0.2, 0.25) is 6.79 Å². The first-order valence-corrected chi connectivity index (χ1v) is 10.1. The highest BCUT2D eigenvalue weighted by Crippen LogP contribution is 2.41. The first kappa shape index (κ1) is 21.5. The highest BCUT2D eigenvalue weighted by Gasteiger charge is 2.46. The predicted octanol–water partition coefficient (Wildman–Crippen LogP) is 3.05. The molecule has 2 aromatic rings. The minimum absolute atomic E-state index is 0.00848. The number of fused-ring (bicyclic) bond motifs is 1. The lowest BCUT2D eigenvalue weighted by Gasteiger charge is -2.25. The topological polar surface area (TPSA) is 94.5 Å². The lowest BCUT2D eigenvalue weighted by molar-refractivity contribution is -0.140. The summed E-state index contributed by atoms with van der Waals surface area (Å²) in [6, 6.07) is 11.1. The number of aliphatic hydroxyl groups is 1. The smallest absolute Gasteiger partial charge is 0.295 e. The molecule has 2 aliphatic heterocycles. The fourth-order valence-corrected chi connectivity index (χ4v) is 3.78. The normalized spacial score (nSPS) is 18.8. The number of methoxy groups -OCH3 is 1. The molecule has 0 radical (unpaired) electrons. The summed E-state index contributed by atoms with van der Waals surface area (Å²) in [7, 11) is 1.52. The minimum atomic E-state index is -0.803. The molecular weight excluding hydrogens is 414 g/mol. The van der Waals surface area contributed by atoms with Gasteiger partial charge in [-0.15, -0.1) is 0 Å². The third-order valence-electron chi connectivity index (χ3n) is 5.26. The molecule has 0 spiro atoms. The van der Waals surface area contributed by atoms with Crippen LogP contribution < -0.4 is 14.2 Å². The van der Waals surface area contributed by atoms with Crippen LogP contribution >= 0.6 is 0 Å². The maximum absolute atomic E-state index is 13.0. The third kappa shape index (κ3) is 3.92. The summed E-state index contributed by atoms with van der Waals surface area (Å²) in [4.78, 5) is 27.3. The molecule has 8 nitrogen and oxygen atoms in total. The van der Waals surface area contributed by atoms with Crippen LogP contribution in [-0.2, 0) is 14.3 Å². The Morgan fingerprint density at radius 3 is 2.81 bits per heavy atom. The summed E-state index contributed by atoms with van der Waals surface area (Å²) in [6.07, 6.45) is 1.62. The van der Waals surface area contributed by atoms with E-state index in [4.69, 9.17) is 18.9 Å². The molecule has 0 bridgehead atoms. The molecule has 1 unspecified atom stereocenters. The van der Waals surface area contributed by atoms with Gasteiger partial charge in [-0.3, -0.25) is 9.59 Å². The highest BCUT2D eigenvalue weighted by atomic mass is 16.7. The number of aliphatic hydroxyl groups excluding tert-OH is 1. The van der Waals surface area contributed by atoms with Crippen LogP contribution in [0.15, 0.2) is 60.7 Å². The van der Waals surface area contributed by atoms with Gasteiger partial charge < -0.3 is 29.0 Å². The van der Waals surface area contributed by atoms with E-state index < -0.39 is 17.7 Å². The standard InChI is InChI=1S/C24H23NO7/c1-3-10-30-17-6-4-5-15(12-17)21-20(23(27)24(28)25(21)9-11-29-2)22(26)16-7-8-18-19(13-16)32-14-31-18/h3-8,12-13,21,26H,1,9-11,14H2,2H3/b22-20-. The summed E-state index contributed by atoms with van der Waals surface area (Å²) in [5.41, 5.74) is 0.970. The van der Waals surface area contributed by atoms with E-state index in [0.29, 0.717) is 35.0 Å². The maximum Gasteiger partial charge on any atom is 0.295 e. The molecule has 8 heteroatoms. The van der Waals surface area contributed by atoms with Crippen molar-refractivity contribution in [3.8, 4) is 17.2 Å². The van der Waals surface area contributed by atoms with Crippen LogP contribution in [0.1, 0.15) is 17.2 Å². The van der Waals surface area contributed by atoms with E-state index in [9.17, 15) is 14.7 Å². The van der Waals surface area contributed by atoms with Crippen molar-refractivity contribution in [1.82, 2.24) is 4.90 Å². The van der Waals surface area contributed by atoms with E-state index >= 15 is 0 Å². The molecule has 32 heavy (non-hydrogen) atoms. The molecule has 0 saturated carbocycles. The number of ketones is 1. The van der Waals surface area contributed by atoms with Crippen molar-refractivity contribution >= 4 is 17.4 Å². The van der Waals surface area contributed by atoms with Crippen molar-refractivity contribution in [3.63, 3.8) is 0 Å². The van der Waals surface area contributed by atoms with E-state index in [1.165, 1.54) is 12.0 Å². The Labute approximate surface area is 185 Å². The van der Waals surface area contributed by atoms with Crippen molar-refractivity contribution in [1.29, 1.82) is 0 Å². The molecule has 0 aliphatic carbocycles. The van der Waals surface area contributed by atoms with Crippen LogP contribution in [0.4, 0.5) is 0 Å². The van der Waals surface area contributed by atoms with Crippen molar-refractivity contribution in [2.75, 3.05) is 33.7 Å². The van der Waals surface area contributed by atoms with Gasteiger partial charge in [0.25, 0.3) is 11.7 Å². The number of Topliss-reactive ketones (excluding diaryl/α,β-unsaturated/α-hetero) is 1. The Balaban J connectivity index is 1.81. The summed E-state index contributed by atoms with van der Waals surface area (Å²) < 4.78 is 21.4.